The Morgan fingerprint density at radius 3 is 2.73 bits per heavy atom. The van der Waals surface area contributed by atoms with Gasteiger partial charge >= 0.3 is 0 Å². The first-order valence-corrected chi connectivity index (χ1v) is 9.72. The summed E-state index contributed by atoms with van der Waals surface area (Å²) >= 11 is 0. The van der Waals surface area contributed by atoms with E-state index in [0.29, 0.717) is 6.54 Å². The van der Waals surface area contributed by atoms with Gasteiger partial charge in [-0.2, -0.15) is 0 Å². The van der Waals surface area contributed by atoms with E-state index < -0.39 is 0 Å². The zero-order valence-corrected chi connectivity index (χ0v) is 15.8. The second-order valence-corrected chi connectivity index (χ2v) is 6.98. The van der Waals surface area contributed by atoms with Crippen LogP contribution in [0.15, 0.2) is 49.1 Å². The molecule has 0 bridgehead atoms. The van der Waals surface area contributed by atoms with Crippen molar-refractivity contribution in [3.63, 3.8) is 0 Å². The van der Waals surface area contributed by atoms with Crippen molar-refractivity contribution in [2.45, 2.75) is 32.4 Å². The Hall–Kier alpha value is -1.88. The molecule has 0 aliphatic carbocycles. The highest BCUT2D eigenvalue weighted by Gasteiger charge is 2.19. The first kappa shape index (κ1) is 18.9. The minimum Gasteiger partial charge on any atom is -0.390 e. The first-order valence-electron chi connectivity index (χ1n) is 9.72. The minimum absolute atomic E-state index is 0.365. The summed E-state index contributed by atoms with van der Waals surface area (Å²) in [6, 6.07) is 8.57. The van der Waals surface area contributed by atoms with Crippen molar-refractivity contribution >= 4 is 10.9 Å². The number of benzene rings is 1. The number of piperazine rings is 1. The van der Waals surface area contributed by atoms with Crippen molar-refractivity contribution in [1.82, 2.24) is 14.8 Å². The van der Waals surface area contributed by atoms with Crippen molar-refractivity contribution in [3.8, 4) is 0 Å². The van der Waals surface area contributed by atoms with Gasteiger partial charge in [-0.3, -0.25) is 4.90 Å². The van der Waals surface area contributed by atoms with Crippen molar-refractivity contribution in [1.29, 1.82) is 0 Å². The molecule has 2 N–H and O–H groups in total. The van der Waals surface area contributed by atoms with Crippen LogP contribution in [-0.4, -0.2) is 53.4 Å². The molecule has 0 spiro atoms. The summed E-state index contributed by atoms with van der Waals surface area (Å²) in [5, 5.41) is 15.5. The molecule has 3 rings (SSSR count). The number of hydrogen-bond acceptors (Lipinski definition) is 3. The fourth-order valence-electron chi connectivity index (χ4n) is 4.00. The van der Waals surface area contributed by atoms with Crippen molar-refractivity contribution < 1.29 is 5.11 Å². The zero-order chi connectivity index (χ0) is 18.4. The molecule has 4 heteroatoms. The Balaban J connectivity index is 1.87. The van der Waals surface area contributed by atoms with Gasteiger partial charge in [-0.1, -0.05) is 49.9 Å². The molecule has 140 valence electrons. The number of nitrogens with one attached hydrogen (secondary N) is 1. The highest BCUT2D eigenvalue weighted by molar-refractivity contribution is 5.85. The molecule has 1 aliphatic heterocycles. The molecule has 1 unspecified atom stereocenters. The molecule has 1 aromatic carbocycles. The quantitative estimate of drug-likeness (QED) is 0.717. The van der Waals surface area contributed by atoms with Crippen LogP contribution >= 0.6 is 0 Å². The number of para-hydroxylation sites is 1. The van der Waals surface area contributed by atoms with Crippen LogP contribution in [0.3, 0.4) is 0 Å². The van der Waals surface area contributed by atoms with Crippen LogP contribution in [0.5, 0.6) is 0 Å². The standard InChI is InChI=1S/C22H31N3O/c1-3-5-6-10-21-19(4-2)20-9-7-8-11-22(20)25(21)17-18(26)16-24-14-12-23-13-15-24/h3,5-9,11,18,23,26H,1,4,10,12-17H2,2H3. The monoisotopic (exact) mass is 353 g/mol. The SMILES string of the molecule is C=CC=CCc1c(CC)c2ccccc2n1CC(O)CN1CCNCC1. The molecule has 1 aromatic heterocycles. The second kappa shape index (κ2) is 9.17. The minimum atomic E-state index is -0.365. The molecule has 2 aromatic rings. The number of hydrogen-bond donors (Lipinski definition) is 2. The maximum Gasteiger partial charge on any atom is 0.0845 e. The highest BCUT2D eigenvalue weighted by atomic mass is 16.3. The van der Waals surface area contributed by atoms with Crippen LogP contribution in [0, 0.1) is 0 Å². The molecule has 1 fully saturated rings. The van der Waals surface area contributed by atoms with E-state index >= 15 is 0 Å². The lowest BCUT2D eigenvalue weighted by Crippen LogP contribution is -2.46. The van der Waals surface area contributed by atoms with Crippen molar-refractivity contribution in [2.24, 2.45) is 0 Å². The molecule has 1 aliphatic rings. The summed E-state index contributed by atoms with van der Waals surface area (Å²) in [7, 11) is 0. The Bertz CT molecular complexity index is 756. The van der Waals surface area contributed by atoms with Gasteiger partial charge in [-0.25, -0.2) is 0 Å². The van der Waals surface area contributed by atoms with Crippen molar-refractivity contribution in [2.75, 3.05) is 32.7 Å². The number of aryl methyl sites for hydroxylation is 1. The lowest BCUT2D eigenvalue weighted by Gasteiger charge is -2.29. The molecule has 26 heavy (non-hydrogen) atoms. The van der Waals surface area contributed by atoms with E-state index in [4.69, 9.17) is 0 Å². The van der Waals surface area contributed by atoms with Gasteiger partial charge < -0.3 is 15.0 Å². The van der Waals surface area contributed by atoms with Gasteiger partial charge in [0.1, 0.15) is 0 Å². The maximum atomic E-state index is 10.8. The average Bonchev–Trinajstić information content (AvgIpc) is 2.95. The number of aromatic nitrogens is 1. The van der Waals surface area contributed by atoms with Crippen molar-refractivity contribution in [3.05, 3.63) is 60.3 Å². The van der Waals surface area contributed by atoms with E-state index in [9.17, 15) is 5.11 Å². The largest absolute Gasteiger partial charge is 0.390 e. The van der Waals surface area contributed by atoms with E-state index in [1.807, 2.05) is 12.2 Å². The summed E-state index contributed by atoms with van der Waals surface area (Å²) in [5.41, 5.74) is 3.93. The number of nitrogens with zero attached hydrogens (tertiary/aromatic N) is 2. The molecule has 4 nitrogen and oxygen atoms in total. The number of allylic oxidation sites excluding steroid dienone is 3. The number of aliphatic hydroxyl groups is 1. The molecule has 0 radical (unpaired) electrons. The molecule has 1 saturated heterocycles. The third kappa shape index (κ3) is 4.26. The Morgan fingerprint density at radius 2 is 2.00 bits per heavy atom. The summed E-state index contributed by atoms with van der Waals surface area (Å²) in [6.07, 6.45) is 7.47. The smallest absolute Gasteiger partial charge is 0.0845 e. The molecule has 1 atom stereocenters. The van der Waals surface area contributed by atoms with Gasteiger partial charge in [0.05, 0.1) is 12.6 Å². The Kier molecular flexibility index (Phi) is 6.67. The van der Waals surface area contributed by atoms with Crippen LogP contribution in [0.25, 0.3) is 10.9 Å². The fraction of sp³-hybridized carbons (Fsp3) is 0.455. The summed E-state index contributed by atoms with van der Waals surface area (Å²) in [5.74, 6) is 0. The number of fused-ring (bicyclic) bond motifs is 1. The van der Waals surface area contributed by atoms with Crippen LogP contribution < -0.4 is 5.32 Å². The Labute approximate surface area is 156 Å². The van der Waals surface area contributed by atoms with E-state index in [1.54, 1.807) is 0 Å². The molecule has 0 saturated carbocycles. The normalized spacial score (nSPS) is 17.2. The lowest BCUT2D eigenvalue weighted by molar-refractivity contribution is 0.0922. The number of β-amino-alcohol motifs (C(OH)–C–C–N with tert-alkyl or cyclic N) is 1. The van der Waals surface area contributed by atoms with Gasteiger partial charge in [-0.05, 0) is 18.1 Å². The Morgan fingerprint density at radius 1 is 1.23 bits per heavy atom. The van der Waals surface area contributed by atoms with Gasteiger partial charge in [0.15, 0.2) is 0 Å². The fourth-order valence-corrected chi connectivity index (χ4v) is 4.00. The molecule has 2 heterocycles. The van der Waals surface area contributed by atoms with Crippen LogP contribution in [-0.2, 0) is 19.4 Å². The van der Waals surface area contributed by atoms with E-state index in [0.717, 1.165) is 45.6 Å². The molecular weight excluding hydrogens is 322 g/mol. The van der Waals surface area contributed by atoms with Crippen LogP contribution in [0.2, 0.25) is 0 Å². The van der Waals surface area contributed by atoms with Gasteiger partial charge in [-0.15, -0.1) is 0 Å². The van der Waals surface area contributed by atoms with Crippen LogP contribution in [0.1, 0.15) is 18.2 Å². The number of aliphatic hydroxyl groups excluding tert-OH is 1. The lowest BCUT2D eigenvalue weighted by atomic mass is 10.1. The van der Waals surface area contributed by atoms with E-state index in [1.165, 1.54) is 22.2 Å². The zero-order valence-electron chi connectivity index (χ0n) is 15.8. The first-order chi connectivity index (χ1) is 12.7. The van der Waals surface area contributed by atoms with Crippen LogP contribution in [0.4, 0.5) is 0 Å². The highest BCUT2D eigenvalue weighted by Crippen LogP contribution is 2.28. The summed E-state index contributed by atoms with van der Waals surface area (Å²) in [6.45, 7) is 11.4. The average molecular weight is 354 g/mol. The van der Waals surface area contributed by atoms with Gasteiger partial charge in [0.2, 0.25) is 0 Å². The van der Waals surface area contributed by atoms with E-state index in [-0.39, 0.29) is 6.10 Å². The predicted octanol–water partition coefficient (Wildman–Crippen LogP) is 2.75. The van der Waals surface area contributed by atoms with E-state index in [2.05, 4.69) is 58.6 Å². The second-order valence-electron chi connectivity index (χ2n) is 6.98. The van der Waals surface area contributed by atoms with Gasteiger partial charge in [0.25, 0.3) is 0 Å². The predicted molar refractivity (Wildman–Crippen MR) is 110 cm³/mol. The molecular formula is C22H31N3O. The molecule has 0 amide bonds. The summed E-state index contributed by atoms with van der Waals surface area (Å²) in [4.78, 5) is 2.35. The third-order valence-corrected chi connectivity index (χ3v) is 5.20. The number of rotatable bonds is 8. The summed E-state index contributed by atoms with van der Waals surface area (Å²) < 4.78 is 2.33. The topological polar surface area (TPSA) is 40.4 Å². The third-order valence-electron chi connectivity index (χ3n) is 5.20. The van der Waals surface area contributed by atoms with Gasteiger partial charge in [0, 0.05) is 55.7 Å². The maximum absolute atomic E-state index is 10.8.